The van der Waals surface area contributed by atoms with Gasteiger partial charge in [0.25, 0.3) is 0 Å². The van der Waals surface area contributed by atoms with Crippen LogP contribution in [0, 0.1) is 11.2 Å². The third-order valence-corrected chi connectivity index (χ3v) is 3.92. The molecular weight excluding hydrogens is 295 g/mol. The second-order valence-corrected chi connectivity index (χ2v) is 6.34. The van der Waals surface area contributed by atoms with Gasteiger partial charge in [0.05, 0.1) is 13.2 Å². The summed E-state index contributed by atoms with van der Waals surface area (Å²) in [6, 6.07) is 8.87. The van der Waals surface area contributed by atoms with Gasteiger partial charge in [-0.25, -0.2) is 4.39 Å². The van der Waals surface area contributed by atoms with Gasteiger partial charge in [0.2, 0.25) is 0 Å². The Morgan fingerprint density at radius 3 is 2.30 bits per heavy atom. The van der Waals surface area contributed by atoms with E-state index in [1.807, 2.05) is 30.1 Å². The van der Waals surface area contributed by atoms with Gasteiger partial charge in [0.1, 0.15) is 5.82 Å². The zero-order chi connectivity index (χ0) is 16.9. The number of benzene rings is 1. The van der Waals surface area contributed by atoms with Gasteiger partial charge in [-0.1, -0.05) is 19.1 Å². The van der Waals surface area contributed by atoms with Gasteiger partial charge in [0, 0.05) is 36.5 Å². The normalized spacial score (nSPS) is 11.9. The van der Waals surface area contributed by atoms with Crippen molar-refractivity contribution in [2.24, 2.45) is 5.41 Å². The maximum atomic E-state index is 14.4. The molecule has 0 fully saturated rings. The fourth-order valence-corrected chi connectivity index (χ4v) is 2.55. The summed E-state index contributed by atoms with van der Waals surface area (Å²) in [5.41, 5.74) is 1.73. The van der Waals surface area contributed by atoms with E-state index in [1.165, 1.54) is 6.07 Å². The molecule has 4 nitrogen and oxygen atoms in total. The Morgan fingerprint density at radius 2 is 1.74 bits per heavy atom. The largest absolute Gasteiger partial charge is 0.396 e. The van der Waals surface area contributed by atoms with Gasteiger partial charge in [-0.2, -0.15) is 0 Å². The van der Waals surface area contributed by atoms with E-state index in [0.717, 1.165) is 11.1 Å². The van der Waals surface area contributed by atoms with E-state index in [9.17, 15) is 14.6 Å². The lowest BCUT2D eigenvalue weighted by atomic mass is 9.92. The standard InChI is InChI=1S/C18H23FN2O2/c1-18(12-22,13-23)11-21(2)10-16-4-3-15(9-17(16)19)14-5-7-20-8-6-14/h3-9,22-23H,10-13H2,1-2H3. The zero-order valence-corrected chi connectivity index (χ0v) is 13.5. The van der Waals surface area contributed by atoms with Gasteiger partial charge in [-0.3, -0.25) is 4.98 Å². The van der Waals surface area contributed by atoms with E-state index < -0.39 is 5.41 Å². The summed E-state index contributed by atoms with van der Waals surface area (Å²) in [5.74, 6) is -0.263. The predicted octanol–water partition coefficient (Wildman–Crippen LogP) is 2.31. The van der Waals surface area contributed by atoms with Crippen LogP contribution in [0.5, 0.6) is 0 Å². The highest BCUT2D eigenvalue weighted by Gasteiger charge is 2.24. The van der Waals surface area contributed by atoms with Crippen LogP contribution in [0.25, 0.3) is 11.1 Å². The van der Waals surface area contributed by atoms with Crippen LogP contribution in [0.4, 0.5) is 4.39 Å². The van der Waals surface area contributed by atoms with Crippen LogP contribution in [-0.4, -0.2) is 46.9 Å². The van der Waals surface area contributed by atoms with Crippen LogP contribution in [-0.2, 0) is 6.54 Å². The summed E-state index contributed by atoms with van der Waals surface area (Å²) < 4.78 is 14.4. The van der Waals surface area contributed by atoms with Crippen LogP contribution in [0.15, 0.2) is 42.7 Å². The Kier molecular flexibility index (Phi) is 5.82. The SMILES string of the molecule is CN(Cc1ccc(-c2ccncc2)cc1F)CC(C)(CO)CO. The number of rotatable bonds is 7. The van der Waals surface area contributed by atoms with E-state index >= 15 is 0 Å². The lowest BCUT2D eigenvalue weighted by Crippen LogP contribution is -2.38. The van der Waals surface area contributed by atoms with E-state index in [4.69, 9.17) is 0 Å². The molecule has 0 aliphatic heterocycles. The zero-order valence-electron chi connectivity index (χ0n) is 13.5. The highest BCUT2D eigenvalue weighted by molar-refractivity contribution is 5.63. The first-order chi connectivity index (χ1) is 11.0. The van der Waals surface area contributed by atoms with Crippen molar-refractivity contribution >= 4 is 0 Å². The molecule has 2 N–H and O–H groups in total. The van der Waals surface area contributed by atoms with Crippen molar-refractivity contribution in [3.05, 3.63) is 54.1 Å². The number of hydrogen-bond acceptors (Lipinski definition) is 4. The van der Waals surface area contributed by atoms with Crippen LogP contribution < -0.4 is 0 Å². The molecule has 23 heavy (non-hydrogen) atoms. The topological polar surface area (TPSA) is 56.6 Å². The minimum atomic E-state index is -0.595. The average molecular weight is 318 g/mol. The Morgan fingerprint density at radius 1 is 1.09 bits per heavy atom. The Bertz CT molecular complexity index is 630. The molecule has 1 aromatic carbocycles. The number of aromatic nitrogens is 1. The van der Waals surface area contributed by atoms with Crippen molar-refractivity contribution < 1.29 is 14.6 Å². The molecular formula is C18H23FN2O2. The average Bonchev–Trinajstić information content (AvgIpc) is 2.57. The van der Waals surface area contributed by atoms with Crippen molar-refractivity contribution in [3.8, 4) is 11.1 Å². The van der Waals surface area contributed by atoms with Crippen molar-refractivity contribution in [1.29, 1.82) is 0 Å². The molecule has 0 bridgehead atoms. The van der Waals surface area contributed by atoms with Gasteiger partial charge >= 0.3 is 0 Å². The van der Waals surface area contributed by atoms with Crippen molar-refractivity contribution in [3.63, 3.8) is 0 Å². The van der Waals surface area contributed by atoms with Crippen molar-refractivity contribution in [1.82, 2.24) is 9.88 Å². The quantitative estimate of drug-likeness (QED) is 0.822. The first kappa shape index (κ1) is 17.5. The molecule has 2 aromatic rings. The maximum absolute atomic E-state index is 14.4. The van der Waals surface area contributed by atoms with Crippen LogP contribution in [0.1, 0.15) is 12.5 Å². The molecule has 5 heteroatoms. The first-order valence-electron chi connectivity index (χ1n) is 7.56. The smallest absolute Gasteiger partial charge is 0.128 e. The minimum Gasteiger partial charge on any atom is -0.396 e. The molecule has 0 spiro atoms. The first-order valence-corrected chi connectivity index (χ1v) is 7.56. The molecule has 0 radical (unpaired) electrons. The second-order valence-electron chi connectivity index (χ2n) is 6.34. The summed E-state index contributed by atoms with van der Waals surface area (Å²) in [5, 5.41) is 18.7. The van der Waals surface area contributed by atoms with Gasteiger partial charge in [-0.15, -0.1) is 0 Å². The predicted molar refractivity (Wildman–Crippen MR) is 88.2 cm³/mol. The van der Waals surface area contributed by atoms with Crippen molar-refractivity contribution in [2.45, 2.75) is 13.5 Å². The Balaban J connectivity index is 2.10. The van der Waals surface area contributed by atoms with E-state index in [-0.39, 0.29) is 19.0 Å². The van der Waals surface area contributed by atoms with Gasteiger partial charge < -0.3 is 15.1 Å². The number of pyridine rings is 1. The number of aliphatic hydroxyl groups is 2. The van der Waals surface area contributed by atoms with Crippen LogP contribution in [0.3, 0.4) is 0 Å². The summed E-state index contributed by atoms with van der Waals surface area (Å²) in [7, 11) is 1.85. The summed E-state index contributed by atoms with van der Waals surface area (Å²) in [6.45, 7) is 2.46. The lowest BCUT2D eigenvalue weighted by molar-refractivity contribution is 0.0400. The molecule has 0 amide bonds. The second kappa shape index (κ2) is 7.64. The fourth-order valence-electron chi connectivity index (χ4n) is 2.55. The molecule has 1 heterocycles. The Labute approximate surface area is 136 Å². The monoisotopic (exact) mass is 318 g/mol. The maximum Gasteiger partial charge on any atom is 0.128 e. The number of nitrogens with zero attached hydrogens (tertiary/aromatic N) is 2. The summed E-state index contributed by atoms with van der Waals surface area (Å²) in [6.07, 6.45) is 3.36. The highest BCUT2D eigenvalue weighted by Crippen LogP contribution is 2.23. The molecule has 0 atom stereocenters. The molecule has 0 saturated carbocycles. The molecule has 0 unspecified atom stereocenters. The van der Waals surface area contributed by atoms with Crippen LogP contribution >= 0.6 is 0 Å². The molecule has 0 saturated heterocycles. The number of halogens is 1. The molecule has 0 aliphatic carbocycles. The van der Waals surface area contributed by atoms with Crippen molar-refractivity contribution in [2.75, 3.05) is 26.8 Å². The minimum absolute atomic E-state index is 0.114. The van der Waals surface area contributed by atoms with Gasteiger partial charge in [-0.05, 0) is 36.4 Å². The third-order valence-electron chi connectivity index (χ3n) is 3.92. The molecule has 2 rings (SSSR count). The number of hydrogen-bond donors (Lipinski definition) is 2. The third kappa shape index (κ3) is 4.58. The van der Waals surface area contributed by atoms with E-state index in [1.54, 1.807) is 25.4 Å². The highest BCUT2D eigenvalue weighted by atomic mass is 19.1. The van der Waals surface area contributed by atoms with E-state index in [2.05, 4.69) is 4.98 Å². The molecule has 1 aromatic heterocycles. The number of aliphatic hydroxyl groups excluding tert-OH is 2. The van der Waals surface area contributed by atoms with Crippen LogP contribution in [0.2, 0.25) is 0 Å². The lowest BCUT2D eigenvalue weighted by Gasteiger charge is -2.30. The Hall–Kier alpha value is -1.82. The molecule has 124 valence electrons. The molecule has 0 aliphatic rings. The van der Waals surface area contributed by atoms with Gasteiger partial charge in [0.15, 0.2) is 0 Å². The van der Waals surface area contributed by atoms with E-state index in [0.29, 0.717) is 18.7 Å². The summed E-state index contributed by atoms with van der Waals surface area (Å²) >= 11 is 0. The fraction of sp³-hybridized carbons (Fsp3) is 0.389. The summed E-state index contributed by atoms with van der Waals surface area (Å²) in [4.78, 5) is 5.86.